The van der Waals surface area contributed by atoms with Crippen LogP contribution in [0.15, 0.2) is 35.1 Å². The van der Waals surface area contributed by atoms with Crippen LogP contribution in [0.2, 0.25) is 0 Å². The third kappa shape index (κ3) is 3.40. The second kappa shape index (κ2) is 6.79. The topological polar surface area (TPSA) is 68.8 Å². The van der Waals surface area contributed by atoms with Gasteiger partial charge in [-0.3, -0.25) is 20.9 Å². The van der Waals surface area contributed by atoms with Crippen molar-refractivity contribution in [1.29, 1.82) is 0 Å². The van der Waals surface area contributed by atoms with E-state index in [1.54, 1.807) is 0 Å². The molecule has 0 aliphatic carbocycles. The number of rotatable bonds is 6. The van der Waals surface area contributed by atoms with Crippen LogP contribution in [0.4, 0.5) is 0 Å². The van der Waals surface area contributed by atoms with E-state index in [4.69, 9.17) is 5.84 Å². The number of nitrogens with two attached hydrogens (primary N) is 1. The van der Waals surface area contributed by atoms with Gasteiger partial charge in [0.15, 0.2) is 0 Å². The molecule has 1 unspecified atom stereocenters. The molecule has 0 saturated heterocycles. The molecule has 0 aliphatic rings. The number of pyridine rings is 1. The molecule has 1 atom stereocenters. The minimum atomic E-state index is 0.0545. The zero-order valence-electron chi connectivity index (χ0n) is 10.9. The first-order valence-corrected chi connectivity index (χ1v) is 7.12. The highest BCUT2D eigenvalue weighted by Gasteiger charge is 2.18. The van der Waals surface area contributed by atoms with E-state index in [-0.39, 0.29) is 6.04 Å². The van der Waals surface area contributed by atoms with Crippen molar-refractivity contribution in [2.24, 2.45) is 5.84 Å². The molecule has 102 valence electrons. The maximum absolute atomic E-state index is 5.69. The molecule has 3 N–H and O–H groups in total. The van der Waals surface area contributed by atoms with E-state index < -0.39 is 0 Å². The fourth-order valence-electron chi connectivity index (χ4n) is 2.11. The minimum absolute atomic E-state index is 0.0545. The van der Waals surface area contributed by atoms with E-state index >= 15 is 0 Å². The van der Waals surface area contributed by atoms with E-state index in [0.29, 0.717) is 0 Å². The van der Waals surface area contributed by atoms with Crippen molar-refractivity contribution in [2.75, 3.05) is 0 Å². The number of hydrazine groups is 1. The molecule has 6 heteroatoms. The predicted molar refractivity (Wildman–Crippen MR) is 78.2 cm³/mol. The van der Waals surface area contributed by atoms with Crippen LogP contribution in [0.5, 0.6) is 0 Å². The largest absolute Gasteiger partial charge is 0.271 e. The Bertz CT molecular complexity index is 511. The van der Waals surface area contributed by atoms with Crippen molar-refractivity contribution in [2.45, 2.75) is 32.4 Å². The van der Waals surface area contributed by atoms with Gasteiger partial charge < -0.3 is 0 Å². The maximum atomic E-state index is 5.69. The molecule has 0 radical (unpaired) electrons. The SMILES string of the molecule is CCn1ncc(Br)c1C(CCc1ccccn1)NN. The van der Waals surface area contributed by atoms with Gasteiger partial charge in [0.1, 0.15) is 0 Å². The molecule has 0 aromatic carbocycles. The van der Waals surface area contributed by atoms with E-state index in [1.165, 1.54) is 0 Å². The van der Waals surface area contributed by atoms with Crippen LogP contribution in [-0.2, 0) is 13.0 Å². The summed E-state index contributed by atoms with van der Waals surface area (Å²) in [5.41, 5.74) is 5.03. The van der Waals surface area contributed by atoms with Gasteiger partial charge in [-0.2, -0.15) is 5.10 Å². The summed E-state index contributed by atoms with van der Waals surface area (Å²) in [5.74, 6) is 5.69. The first kappa shape index (κ1) is 14.2. The molecule has 0 fully saturated rings. The number of nitrogens with zero attached hydrogens (tertiary/aromatic N) is 3. The van der Waals surface area contributed by atoms with Crippen molar-refractivity contribution < 1.29 is 0 Å². The van der Waals surface area contributed by atoms with Crippen LogP contribution in [0.3, 0.4) is 0 Å². The van der Waals surface area contributed by atoms with Gasteiger partial charge >= 0.3 is 0 Å². The molecule has 5 nitrogen and oxygen atoms in total. The van der Waals surface area contributed by atoms with Crippen LogP contribution in [0, 0.1) is 0 Å². The van der Waals surface area contributed by atoms with Crippen LogP contribution in [0.25, 0.3) is 0 Å². The molecule has 19 heavy (non-hydrogen) atoms. The van der Waals surface area contributed by atoms with E-state index in [1.807, 2.05) is 35.3 Å². The Labute approximate surface area is 121 Å². The first-order chi connectivity index (χ1) is 9.26. The molecule has 0 saturated carbocycles. The standard InChI is InChI=1S/C13H18BrN5/c1-2-19-13(11(14)9-17-19)12(18-15)7-6-10-5-3-4-8-16-10/h3-5,8-9,12,18H,2,6-7,15H2,1H3. The smallest absolute Gasteiger partial charge is 0.0709 e. The van der Waals surface area contributed by atoms with Crippen LogP contribution < -0.4 is 11.3 Å². The lowest BCUT2D eigenvalue weighted by Gasteiger charge is -2.17. The van der Waals surface area contributed by atoms with Crippen molar-refractivity contribution in [1.82, 2.24) is 20.2 Å². The Kier molecular flexibility index (Phi) is 5.07. The molecule has 0 bridgehead atoms. The summed E-state index contributed by atoms with van der Waals surface area (Å²) in [6, 6.07) is 6.00. The number of hydrogen-bond donors (Lipinski definition) is 2. The van der Waals surface area contributed by atoms with Gasteiger partial charge in [0.05, 0.1) is 22.4 Å². The van der Waals surface area contributed by atoms with Gasteiger partial charge in [-0.1, -0.05) is 6.07 Å². The molecule has 2 heterocycles. The molecule has 0 spiro atoms. The Morgan fingerprint density at radius 3 is 2.95 bits per heavy atom. The maximum Gasteiger partial charge on any atom is 0.0709 e. The van der Waals surface area contributed by atoms with Crippen molar-refractivity contribution >= 4 is 15.9 Å². The van der Waals surface area contributed by atoms with Crippen LogP contribution >= 0.6 is 15.9 Å². The second-order valence-electron chi connectivity index (χ2n) is 4.27. The van der Waals surface area contributed by atoms with Gasteiger partial charge in [-0.15, -0.1) is 0 Å². The van der Waals surface area contributed by atoms with Crippen LogP contribution in [0.1, 0.15) is 30.8 Å². The number of nitrogens with one attached hydrogen (secondary N) is 1. The lowest BCUT2D eigenvalue weighted by atomic mass is 10.1. The minimum Gasteiger partial charge on any atom is -0.271 e. The summed E-state index contributed by atoms with van der Waals surface area (Å²) in [6.07, 6.45) is 5.37. The highest BCUT2D eigenvalue weighted by atomic mass is 79.9. The fourth-order valence-corrected chi connectivity index (χ4v) is 2.68. The van der Waals surface area contributed by atoms with Gasteiger partial charge in [0.25, 0.3) is 0 Å². The Hall–Kier alpha value is -1.24. The molecule has 0 amide bonds. The lowest BCUT2D eigenvalue weighted by molar-refractivity contribution is 0.463. The Balaban J connectivity index is 2.10. The zero-order chi connectivity index (χ0) is 13.7. The summed E-state index contributed by atoms with van der Waals surface area (Å²) in [7, 11) is 0. The van der Waals surface area contributed by atoms with E-state index in [9.17, 15) is 0 Å². The summed E-state index contributed by atoms with van der Waals surface area (Å²) < 4.78 is 2.94. The van der Waals surface area contributed by atoms with Crippen LogP contribution in [-0.4, -0.2) is 14.8 Å². The monoisotopic (exact) mass is 323 g/mol. The average molecular weight is 324 g/mol. The molecule has 2 rings (SSSR count). The number of hydrogen-bond acceptors (Lipinski definition) is 4. The molecular weight excluding hydrogens is 306 g/mol. The summed E-state index contributed by atoms with van der Waals surface area (Å²) in [5, 5.41) is 4.32. The lowest BCUT2D eigenvalue weighted by Crippen LogP contribution is -2.30. The molecule has 2 aromatic rings. The van der Waals surface area contributed by atoms with Gasteiger partial charge in [0.2, 0.25) is 0 Å². The zero-order valence-corrected chi connectivity index (χ0v) is 12.5. The quantitative estimate of drug-likeness (QED) is 0.631. The Morgan fingerprint density at radius 2 is 2.32 bits per heavy atom. The van der Waals surface area contributed by atoms with E-state index in [2.05, 4.69) is 38.4 Å². The van der Waals surface area contributed by atoms with E-state index in [0.717, 1.165) is 35.2 Å². The summed E-state index contributed by atoms with van der Waals surface area (Å²) in [6.45, 7) is 2.89. The van der Waals surface area contributed by atoms with Gasteiger partial charge in [-0.25, -0.2) is 0 Å². The summed E-state index contributed by atoms with van der Waals surface area (Å²) in [4.78, 5) is 4.33. The normalized spacial score (nSPS) is 12.6. The third-order valence-corrected chi connectivity index (χ3v) is 3.69. The van der Waals surface area contributed by atoms with Crippen molar-refractivity contribution in [3.63, 3.8) is 0 Å². The molecular formula is C13H18BrN5. The van der Waals surface area contributed by atoms with Crippen molar-refractivity contribution in [3.8, 4) is 0 Å². The highest BCUT2D eigenvalue weighted by Crippen LogP contribution is 2.26. The first-order valence-electron chi connectivity index (χ1n) is 6.33. The van der Waals surface area contributed by atoms with Crippen molar-refractivity contribution in [3.05, 3.63) is 46.5 Å². The summed E-state index contributed by atoms with van der Waals surface area (Å²) >= 11 is 3.53. The average Bonchev–Trinajstić information content (AvgIpc) is 2.82. The third-order valence-electron chi connectivity index (χ3n) is 3.08. The number of halogens is 1. The predicted octanol–water partition coefficient (Wildman–Crippen LogP) is 2.20. The van der Waals surface area contributed by atoms with Gasteiger partial charge in [0, 0.05) is 18.4 Å². The number of aryl methyl sites for hydroxylation is 2. The fraction of sp³-hybridized carbons (Fsp3) is 0.385. The second-order valence-corrected chi connectivity index (χ2v) is 5.13. The number of aromatic nitrogens is 3. The van der Waals surface area contributed by atoms with Gasteiger partial charge in [-0.05, 0) is 47.8 Å². The highest BCUT2D eigenvalue weighted by molar-refractivity contribution is 9.10. The molecule has 2 aromatic heterocycles. The molecule has 0 aliphatic heterocycles. The Morgan fingerprint density at radius 1 is 1.47 bits per heavy atom.